The number of carbonyl (C=O) groups excluding carboxylic acids is 1. The molecule has 2 aromatic rings. The number of ether oxygens (including phenoxy) is 2. The Hall–Kier alpha value is -2.63. The number of benzene rings is 2. The van der Waals surface area contributed by atoms with Crippen LogP contribution in [0.15, 0.2) is 48.6 Å². The molecule has 2 bridgehead atoms. The number of nitrogens with zero attached hydrogens (tertiary/aromatic N) is 3. The van der Waals surface area contributed by atoms with Crippen molar-refractivity contribution in [2.24, 2.45) is 17.8 Å². The minimum Gasteiger partial charge on any atom is -0.490 e. The van der Waals surface area contributed by atoms with E-state index in [-0.39, 0.29) is 17.3 Å². The lowest BCUT2D eigenvalue weighted by Crippen LogP contribution is -2.59. The fourth-order valence-electron chi connectivity index (χ4n) is 9.61. The summed E-state index contributed by atoms with van der Waals surface area (Å²) in [5, 5.41) is -0.0174. The molecule has 3 aliphatic heterocycles. The number of sulfonamides is 1. The smallest absolute Gasteiger partial charge is 0.264 e. The van der Waals surface area contributed by atoms with E-state index in [4.69, 9.17) is 21.1 Å². The Morgan fingerprint density at radius 3 is 2.56 bits per heavy atom. The van der Waals surface area contributed by atoms with Crippen LogP contribution in [0.25, 0.3) is 0 Å². The third kappa shape index (κ3) is 7.39. The van der Waals surface area contributed by atoms with Crippen LogP contribution in [-0.4, -0.2) is 101 Å². The highest BCUT2D eigenvalue weighted by molar-refractivity contribution is 7.90. The van der Waals surface area contributed by atoms with Crippen molar-refractivity contribution in [3.63, 3.8) is 0 Å². The first-order valence-electron chi connectivity index (χ1n) is 19.6. The summed E-state index contributed by atoms with van der Waals surface area (Å²) >= 11 is 6.51. The van der Waals surface area contributed by atoms with Crippen molar-refractivity contribution in [3.8, 4) is 5.75 Å². The minimum atomic E-state index is -3.95. The van der Waals surface area contributed by atoms with Gasteiger partial charge in [-0.25, -0.2) is 13.1 Å². The Kier molecular flexibility index (Phi) is 11.0. The third-order valence-corrected chi connectivity index (χ3v) is 15.2. The van der Waals surface area contributed by atoms with Gasteiger partial charge in [-0.15, -0.1) is 0 Å². The van der Waals surface area contributed by atoms with Gasteiger partial charge in [0.1, 0.15) is 11.4 Å². The second kappa shape index (κ2) is 15.2. The van der Waals surface area contributed by atoms with Crippen LogP contribution in [0.1, 0.15) is 81.3 Å². The zero-order valence-electron chi connectivity index (χ0n) is 31.4. The molecule has 2 fully saturated rings. The van der Waals surface area contributed by atoms with Crippen LogP contribution in [0.5, 0.6) is 5.75 Å². The molecular formula is C41H57ClN4O5S. The normalized spacial score (nSPS) is 33.2. The molecule has 5 aliphatic rings. The van der Waals surface area contributed by atoms with Gasteiger partial charge in [-0.3, -0.25) is 9.69 Å². The average molecular weight is 753 g/mol. The van der Waals surface area contributed by atoms with Gasteiger partial charge in [-0.1, -0.05) is 43.7 Å². The first-order chi connectivity index (χ1) is 25.0. The number of carbonyl (C=O) groups is 1. The number of allylic oxidation sites excluding steroid dienone is 1. The van der Waals surface area contributed by atoms with Crippen molar-refractivity contribution in [1.29, 1.82) is 0 Å². The molecule has 0 radical (unpaired) electrons. The maximum atomic E-state index is 13.7. The van der Waals surface area contributed by atoms with E-state index < -0.39 is 26.8 Å². The molecule has 2 aliphatic carbocycles. The van der Waals surface area contributed by atoms with Gasteiger partial charge in [0, 0.05) is 68.4 Å². The molecule has 9 nitrogen and oxygen atoms in total. The largest absolute Gasteiger partial charge is 0.490 e. The highest BCUT2D eigenvalue weighted by Gasteiger charge is 2.50. The molecule has 1 spiro atoms. The molecule has 1 saturated heterocycles. The average Bonchev–Trinajstić information content (AvgIpc) is 3.26. The van der Waals surface area contributed by atoms with E-state index in [2.05, 4.69) is 57.6 Å². The lowest BCUT2D eigenvalue weighted by Gasteiger charge is -2.52. The fourth-order valence-corrected chi connectivity index (χ4v) is 11.1. The molecule has 0 aromatic heterocycles. The SMILES string of the molecule is CCO[C@@]1(CN2CCN(CC)CC2)/C=C\C[C@H](C)[C@@H](C)S(=O)(=O)NC(=O)c2ccc3c(c2)N(C[C@@H]2CC[C@H]21)C[C@@]1(CCCc2cc(Cl)ccc21)CO3. The summed E-state index contributed by atoms with van der Waals surface area (Å²) in [6.45, 7) is 16.6. The lowest BCUT2D eigenvalue weighted by atomic mass is 9.63. The predicted molar refractivity (Wildman–Crippen MR) is 208 cm³/mol. The van der Waals surface area contributed by atoms with E-state index in [0.29, 0.717) is 31.1 Å². The quantitative estimate of drug-likeness (QED) is 0.357. The minimum absolute atomic E-state index is 0.209. The van der Waals surface area contributed by atoms with Crippen LogP contribution in [-0.2, 0) is 26.6 Å². The number of hydrogen-bond acceptors (Lipinski definition) is 8. The van der Waals surface area contributed by atoms with Crippen molar-refractivity contribution in [2.75, 3.05) is 70.5 Å². The van der Waals surface area contributed by atoms with E-state index in [1.807, 2.05) is 25.1 Å². The number of piperazine rings is 1. The van der Waals surface area contributed by atoms with Crippen LogP contribution in [0, 0.1) is 17.8 Å². The number of fused-ring (bicyclic) bond motifs is 4. The molecular weight excluding hydrogens is 696 g/mol. The van der Waals surface area contributed by atoms with Crippen molar-refractivity contribution in [1.82, 2.24) is 14.5 Å². The number of likely N-dealkylation sites (N-methyl/N-ethyl adjacent to an activating group) is 1. The summed E-state index contributed by atoms with van der Waals surface area (Å²) < 4.78 is 43.3. The second-order valence-electron chi connectivity index (χ2n) is 16.1. The molecule has 7 rings (SSSR count). The fraction of sp³-hybridized carbons (Fsp3) is 0.634. The van der Waals surface area contributed by atoms with Crippen molar-refractivity contribution >= 4 is 33.2 Å². The Bertz CT molecular complexity index is 1760. The second-order valence-corrected chi connectivity index (χ2v) is 18.6. The van der Waals surface area contributed by atoms with Crippen molar-refractivity contribution in [2.45, 2.75) is 82.5 Å². The molecule has 3 heterocycles. The molecule has 1 amide bonds. The first-order valence-corrected chi connectivity index (χ1v) is 21.5. The molecule has 52 heavy (non-hydrogen) atoms. The zero-order valence-corrected chi connectivity index (χ0v) is 33.0. The van der Waals surface area contributed by atoms with Crippen molar-refractivity contribution in [3.05, 3.63) is 70.3 Å². The van der Waals surface area contributed by atoms with E-state index in [0.717, 1.165) is 101 Å². The maximum Gasteiger partial charge on any atom is 0.264 e. The van der Waals surface area contributed by atoms with Gasteiger partial charge in [0.25, 0.3) is 5.91 Å². The highest BCUT2D eigenvalue weighted by Crippen LogP contribution is 2.49. The Balaban J connectivity index is 1.31. The van der Waals surface area contributed by atoms with Gasteiger partial charge in [0.2, 0.25) is 10.0 Å². The van der Waals surface area contributed by atoms with Crippen LogP contribution in [0.3, 0.4) is 0 Å². The van der Waals surface area contributed by atoms with Gasteiger partial charge in [0.15, 0.2) is 0 Å². The number of aryl methyl sites for hydroxylation is 1. The summed E-state index contributed by atoms with van der Waals surface area (Å²) in [6.07, 6.45) is 10.2. The number of rotatable bonds is 5. The van der Waals surface area contributed by atoms with Crippen LogP contribution in [0.4, 0.5) is 5.69 Å². The van der Waals surface area contributed by atoms with Gasteiger partial charge in [-0.05, 0) is 118 Å². The Morgan fingerprint density at radius 2 is 1.83 bits per heavy atom. The van der Waals surface area contributed by atoms with Crippen LogP contribution in [0.2, 0.25) is 5.02 Å². The van der Waals surface area contributed by atoms with Crippen LogP contribution >= 0.6 is 11.6 Å². The highest BCUT2D eigenvalue weighted by atomic mass is 35.5. The molecule has 2 aromatic carbocycles. The van der Waals surface area contributed by atoms with Crippen LogP contribution < -0.4 is 14.4 Å². The molecule has 6 atom stereocenters. The Morgan fingerprint density at radius 1 is 1.04 bits per heavy atom. The summed E-state index contributed by atoms with van der Waals surface area (Å²) in [6, 6.07) is 11.7. The van der Waals surface area contributed by atoms with E-state index in [9.17, 15) is 13.2 Å². The number of nitrogens with one attached hydrogen (secondary N) is 1. The molecule has 0 unspecified atom stereocenters. The number of amides is 1. The first kappa shape index (κ1) is 37.7. The standard InChI is InChI=1S/C41H57ClN4O5S/c1-5-44-19-21-45(22-20-44)27-41(51-6-2)18-7-9-29(3)30(4)52(48,49)43-39(47)32-12-16-38-37(24-32)46(25-33-11-14-36(33)41)26-40(28-50-38)17-8-10-31-23-34(42)13-15-35(31)40/h7,12-13,15-16,18,23-24,29-30,33,36H,5-6,8-11,14,17,19-22,25-28H2,1-4H3,(H,43,47)/b18-7-/t29-,30+,33-,36+,40-,41+/m0/s1. The molecule has 1 saturated carbocycles. The maximum absolute atomic E-state index is 13.7. The number of hydrogen-bond donors (Lipinski definition) is 1. The van der Waals surface area contributed by atoms with E-state index >= 15 is 0 Å². The summed E-state index contributed by atoms with van der Waals surface area (Å²) in [5.74, 6) is 0.540. The molecule has 284 valence electrons. The Labute approximate surface area is 316 Å². The topological polar surface area (TPSA) is 91.4 Å². The summed E-state index contributed by atoms with van der Waals surface area (Å²) in [4.78, 5) is 21.2. The molecule has 11 heteroatoms. The number of anilines is 1. The predicted octanol–water partition coefficient (Wildman–Crippen LogP) is 6.30. The van der Waals surface area contributed by atoms with E-state index in [1.165, 1.54) is 11.1 Å². The van der Waals surface area contributed by atoms with Gasteiger partial charge < -0.3 is 19.3 Å². The zero-order chi connectivity index (χ0) is 36.7. The monoisotopic (exact) mass is 752 g/mol. The van der Waals surface area contributed by atoms with E-state index in [1.54, 1.807) is 13.0 Å². The van der Waals surface area contributed by atoms with Gasteiger partial charge in [-0.2, -0.15) is 0 Å². The lowest BCUT2D eigenvalue weighted by molar-refractivity contribution is -0.112. The molecule has 1 N–H and O–H groups in total. The summed E-state index contributed by atoms with van der Waals surface area (Å²) in [5.41, 5.74) is 2.97. The van der Waals surface area contributed by atoms with Crippen molar-refractivity contribution < 1.29 is 22.7 Å². The van der Waals surface area contributed by atoms with Gasteiger partial charge >= 0.3 is 0 Å². The number of halogens is 1. The third-order valence-electron chi connectivity index (χ3n) is 13.0. The van der Waals surface area contributed by atoms with Gasteiger partial charge in [0.05, 0.1) is 17.5 Å². The summed E-state index contributed by atoms with van der Waals surface area (Å²) in [7, 11) is -3.95.